The molecule has 0 aromatic rings. The van der Waals surface area contributed by atoms with Crippen LogP contribution in [0.15, 0.2) is 0 Å². The van der Waals surface area contributed by atoms with E-state index in [2.05, 4.69) is 0 Å². The van der Waals surface area contributed by atoms with Gasteiger partial charge >= 0.3 is 0 Å². The van der Waals surface area contributed by atoms with Crippen LogP contribution in [-0.4, -0.2) is 61.1 Å². The summed E-state index contributed by atoms with van der Waals surface area (Å²) in [4.78, 5) is 0. The molecular formula is C8H16ClNO5S. The van der Waals surface area contributed by atoms with E-state index in [4.69, 9.17) is 26.6 Å². The smallest absolute Gasteiger partial charge is 0.157 e. The predicted molar refractivity (Wildman–Crippen MR) is 60.2 cm³/mol. The summed E-state index contributed by atoms with van der Waals surface area (Å²) in [7, 11) is 0. The molecule has 0 aromatic heterocycles. The molecule has 0 amide bonds. The number of aliphatic hydroxyl groups is 3. The zero-order chi connectivity index (χ0) is 12.5. The molecule has 1 saturated heterocycles. The van der Waals surface area contributed by atoms with Crippen LogP contribution in [0.25, 0.3) is 0 Å². The van der Waals surface area contributed by atoms with E-state index in [1.165, 1.54) is 0 Å². The lowest BCUT2D eigenvalue weighted by Crippen LogP contribution is -2.62. The molecular weight excluding hydrogens is 258 g/mol. The van der Waals surface area contributed by atoms with Crippen LogP contribution in [-0.2, 0) is 4.74 Å². The third-order valence-corrected chi connectivity index (χ3v) is 3.51. The van der Waals surface area contributed by atoms with Crippen molar-refractivity contribution in [2.75, 3.05) is 0 Å². The van der Waals surface area contributed by atoms with Crippen molar-refractivity contribution in [3.05, 3.63) is 0 Å². The van der Waals surface area contributed by atoms with E-state index in [9.17, 15) is 15.3 Å². The monoisotopic (exact) mass is 273 g/mol. The van der Waals surface area contributed by atoms with E-state index in [0.717, 1.165) is 0 Å². The Balaban J connectivity index is 2.78. The maximum absolute atomic E-state index is 9.68. The van der Waals surface area contributed by atoms with Gasteiger partial charge < -0.3 is 30.3 Å². The van der Waals surface area contributed by atoms with Crippen LogP contribution in [0, 0.1) is 0 Å². The van der Waals surface area contributed by atoms with E-state index in [1.807, 2.05) is 0 Å². The molecule has 8 heteroatoms. The second-order valence-corrected chi connectivity index (χ2v) is 5.17. The third kappa shape index (κ3) is 2.80. The lowest BCUT2D eigenvalue weighted by Gasteiger charge is -2.42. The van der Waals surface area contributed by atoms with Gasteiger partial charge in [-0.05, 0) is 6.92 Å². The lowest BCUT2D eigenvalue weighted by atomic mass is 9.94. The molecule has 0 radical (unpaired) electrons. The highest BCUT2D eigenvalue weighted by Crippen LogP contribution is 2.29. The van der Waals surface area contributed by atoms with Gasteiger partial charge in [0.1, 0.15) is 24.4 Å². The normalized spacial score (nSPS) is 44.1. The van der Waals surface area contributed by atoms with Gasteiger partial charge in [-0.25, -0.2) is 0 Å². The van der Waals surface area contributed by atoms with Gasteiger partial charge in [0.15, 0.2) is 5.44 Å². The topological polar surface area (TPSA) is 116 Å². The Morgan fingerprint density at radius 2 is 1.81 bits per heavy atom. The Kier molecular flexibility index (Phi) is 5.27. The van der Waals surface area contributed by atoms with Crippen molar-refractivity contribution >= 4 is 23.6 Å². The molecule has 2 unspecified atom stereocenters. The van der Waals surface area contributed by atoms with E-state index in [0.29, 0.717) is 0 Å². The minimum atomic E-state index is -1.43. The van der Waals surface area contributed by atoms with Gasteiger partial charge in [-0.3, -0.25) is 0 Å². The van der Waals surface area contributed by atoms with Crippen LogP contribution in [0.5, 0.6) is 0 Å². The molecule has 1 aliphatic rings. The Bertz CT molecular complexity index is 232. The number of halogens is 1. The van der Waals surface area contributed by atoms with Crippen LogP contribution in [0.2, 0.25) is 0 Å². The highest BCUT2D eigenvalue weighted by Gasteiger charge is 2.46. The summed E-state index contributed by atoms with van der Waals surface area (Å²) >= 11 is 6.02. The van der Waals surface area contributed by atoms with Gasteiger partial charge in [0.25, 0.3) is 0 Å². The quantitative estimate of drug-likeness (QED) is 0.329. The highest BCUT2D eigenvalue weighted by molar-refractivity contribution is 7.94. The number of hydrogen-bond donors (Lipinski definition) is 5. The summed E-state index contributed by atoms with van der Waals surface area (Å²) < 4.78 is 14.1. The Morgan fingerprint density at radius 1 is 1.25 bits per heavy atom. The molecule has 0 spiro atoms. The summed E-state index contributed by atoms with van der Waals surface area (Å²) in [6, 6.07) is -0.714. The number of nitrogens with two attached hydrogens (primary N) is 1. The maximum Gasteiger partial charge on any atom is 0.157 e. The molecule has 96 valence electrons. The molecule has 1 heterocycles. The van der Waals surface area contributed by atoms with Crippen LogP contribution in [0.4, 0.5) is 0 Å². The molecule has 1 fully saturated rings. The molecule has 7 atom stereocenters. The minimum absolute atomic E-state index is 0.251. The lowest BCUT2D eigenvalue weighted by molar-refractivity contribution is -0.203. The zero-order valence-electron chi connectivity index (χ0n) is 8.60. The van der Waals surface area contributed by atoms with Gasteiger partial charge in [0, 0.05) is 23.5 Å². The molecule has 1 rings (SSSR count). The standard InChI is InChI=1S/C8H16ClNO5S/c1-2(9)3(10)7-5(12)4(11)6(13)8(15-7)16-14/h2-8,11-14H,10H2,1H3/t2-,3+,4?,5-,6+,7+,8?/m0/s1. The molecule has 0 aromatic carbocycles. The first-order valence-corrected chi connectivity index (χ1v) is 6.07. The van der Waals surface area contributed by atoms with Crippen molar-refractivity contribution in [3.63, 3.8) is 0 Å². The number of alkyl halides is 1. The molecule has 1 aliphatic heterocycles. The number of ether oxygens (including phenoxy) is 1. The van der Waals surface area contributed by atoms with Crippen molar-refractivity contribution < 1.29 is 24.6 Å². The Labute approximate surface area is 103 Å². The average molecular weight is 274 g/mol. The first kappa shape index (κ1) is 14.5. The highest BCUT2D eigenvalue weighted by atomic mass is 35.5. The molecule has 16 heavy (non-hydrogen) atoms. The van der Waals surface area contributed by atoms with Gasteiger partial charge in [0.05, 0.1) is 0 Å². The fourth-order valence-electron chi connectivity index (χ4n) is 1.54. The van der Waals surface area contributed by atoms with E-state index in [-0.39, 0.29) is 12.0 Å². The summed E-state index contributed by atoms with van der Waals surface area (Å²) in [5.74, 6) is 0. The van der Waals surface area contributed by atoms with Gasteiger partial charge in [-0.2, -0.15) is 0 Å². The van der Waals surface area contributed by atoms with Crippen molar-refractivity contribution in [2.24, 2.45) is 5.73 Å². The number of hydrogen-bond acceptors (Lipinski definition) is 7. The molecule has 0 bridgehead atoms. The second kappa shape index (κ2) is 5.83. The fraction of sp³-hybridized carbons (Fsp3) is 1.00. The Morgan fingerprint density at radius 3 is 2.25 bits per heavy atom. The van der Waals surface area contributed by atoms with Crippen molar-refractivity contribution in [2.45, 2.75) is 48.2 Å². The summed E-state index contributed by atoms with van der Waals surface area (Å²) in [5, 5.41) is 28.2. The zero-order valence-corrected chi connectivity index (χ0v) is 10.2. The maximum atomic E-state index is 9.68. The summed E-state index contributed by atoms with van der Waals surface area (Å²) in [6.45, 7) is 1.63. The van der Waals surface area contributed by atoms with E-state index >= 15 is 0 Å². The minimum Gasteiger partial charge on any atom is -0.388 e. The van der Waals surface area contributed by atoms with Crippen LogP contribution in [0.1, 0.15) is 6.92 Å². The third-order valence-electron chi connectivity index (χ3n) is 2.62. The van der Waals surface area contributed by atoms with Crippen LogP contribution < -0.4 is 5.73 Å². The first-order chi connectivity index (χ1) is 7.40. The predicted octanol–water partition coefficient (Wildman–Crippen LogP) is -1.05. The van der Waals surface area contributed by atoms with Gasteiger partial charge in [0.2, 0.25) is 0 Å². The second-order valence-electron chi connectivity index (χ2n) is 3.80. The van der Waals surface area contributed by atoms with Crippen LogP contribution >= 0.6 is 23.6 Å². The van der Waals surface area contributed by atoms with Crippen molar-refractivity contribution in [1.29, 1.82) is 0 Å². The van der Waals surface area contributed by atoms with Crippen molar-refractivity contribution in [3.8, 4) is 0 Å². The molecule has 0 aliphatic carbocycles. The molecule has 6 N–H and O–H groups in total. The van der Waals surface area contributed by atoms with Crippen molar-refractivity contribution in [1.82, 2.24) is 0 Å². The Hall–Kier alpha value is 0.400. The number of rotatable bonds is 3. The molecule has 6 nitrogen and oxygen atoms in total. The fourth-order valence-corrected chi connectivity index (χ4v) is 2.15. The summed E-state index contributed by atoms with van der Waals surface area (Å²) in [5.41, 5.74) is 4.65. The largest absolute Gasteiger partial charge is 0.388 e. The van der Waals surface area contributed by atoms with Crippen LogP contribution in [0.3, 0.4) is 0 Å². The molecule has 0 saturated carbocycles. The van der Waals surface area contributed by atoms with E-state index in [1.54, 1.807) is 6.92 Å². The van der Waals surface area contributed by atoms with Gasteiger partial charge in [-0.1, -0.05) is 0 Å². The average Bonchev–Trinajstić information content (AvgIpc) is 2.25. The van der Waals surface area contributed by atoms with E-state index < -0.39 is 41.3 Å². The van der Waals surface area contributed by atoms with Gasteiger partial charge in [-0.15, -0.1) is 11.6 Å². The first-order valence-electron chi connectivity index (χ1n) is 4.79. The number of aliphatic hydroxyl groups excluding tert-OH is 3. The summed E-state index contributed by atoms with van der Waals surface area (Å²) in [6.07, 6.45) is -5.07. The SMILES string of the molecule is C[C@H](Cl)[C@@H](N)[C@H]1OC(SO)[C@H](O)C(O)[C@@H]1O.